The van der Waals surface area contributed by atoms with Gasteiger partial charge in [-0.25, -0.2) is 0 Å². The second-order valence-electron chi connectivity index (χ2n) is 9.87. The highest BCUT2D eigenvalue weighted by Crippen LogP contribution is 2.36. The van der Waals surface area contributed by atoms with Crippen molar-refractivity contribution < 1.29 is 9.53 Å². The molecule has 2 aromatic rings. The molecule has 0 aliphatic heterocycles. The second kappa shape index (κ2) is 11.5. The number of hydrogen-bond donors (Lipinski definition) is 1. The van der Waals surface area contributed by atoms with E-state index in [4.69, 9.17) is 4.74 Å². The van der Waals surface area contributed by atoms with Crippen LogP contribution in [-0.2, 0) is 11.3 Å². The number of nitrogens with one attached hydrogen (secondary N) is 1. The molecule has 1 amide bonds. The third-order valence-electron chi connectivity index (χ3n) is 7.28. The quantitative estimate of drug-likeness (QED) is 0.411. The summed E-state index contributed by atoms with van der Waals surface area (Å²) in [5, 5.41) is 13.5. The fourth-order valence-corrected chi connectivity index (χ4v) is 6.20. The molecule has 1 aromatic carbocycles. The maximum Gasteiger partial charge on any atom is 0.237 e. The van der Waals surface area contributed by atoms with E-state index in [1.165, 1.54) is 37.8 Å². The van der Waals surface area contributed by atoms with Crippen molar-refractivity contribution in [1.82, 2.24) is 19.7 Å². The number of thioether (sulfide) groups is 1. The molecule has 0 atom stereocenters. The predicted molar refractivity (Wildman–Crippen MR) is 140 cm³/mol. The number of aromatic nitrogens is 3. The molecule has 3 aliphatic rings. The molecule has 35 heavy (non-hydrogen) atoms. The number of carbonyl (C=O) groups is 1. The number of benzene rings is 1. The van der Waals surface area contributed by atoms with Crippen molar-refractivity contribution in [2.24, 2.45) is 0 Å². The minimum atomic E-state index is 0.222. The van der Waals surface area contributed by atoms with E-state index in [1.807, 2.05) is 24.3 Å². The maximum atomic E-state index is 13.3. The van der Waals surface area contributed by atoms with Gasteiger partial charge in [0.25, 0.3) is 0 Å². The average molecular weight is 496 g/mol. The van der Waals surface area contributed by atoms with Crippen LogP contribution >= 0.6 is 11.8 Å². The summed E-state index contributed by atoms with van der Waals surface area (Å²) in [7, 11) is 1.68. The van der Waals surface area contributed by atoms with Gasteiger partial charge in [-0.15, -0.1) is 10.2 Å². The molecule has 1 N–H and O–H groups in total. The number of carbonyl (C=O) groups excluding carboxylic acids is 1. The molecule has 188 valence electrons. The number of amides is 1. The lowest BCUT2D eigenvalue weighted by molar-refractivity contribution is -0.127. The Hall–Kier alpha value is -2.48. The van der Waals surface area contributed by atoms with Crippen LogP contribution in [0, 0.1) is 0 Å². The van der Waals surface area contributed by atoms with Gasteiger partial charge in [0.05, 0.1) is 19.4 Å². The first-order valence-electron chi connectivity index (χ1n) is 13.2. The van der Waals surface area contributed by atoms with Gasteiger partial charge in [-0.2, -0.15) is 0 Å². The van der Waals surface area contributed by atoms with Gasteiger partial charge >= 0.3 is 0 Å². The summed E-state index contributed by atoms with van der Waals surface area (Å²) in [6.45, 7) is 0.590. The van der Waals surface area contributed by atoms with Gasteiger partial charge in [0.15, 0.2) is 11.0 Å². The molecular weight excluding hydrogens is 458 g/mol. The molecule has 0 radical (unpaired) electrons. The molecule has 1 heterocycles. The molecule has 3 aliphatic carbocycles. The number of methoxy groups -OCH3 is 1. The van der Waals surface area contributed by atoms with Crippen LogP contribution in [0.15, 0.2) is 41.2 Å². The highest BCUT2D eigenvalue weighted by molar-refractivity contribution is 7.99. The van der Waals surface area contributed by atoms with Crippen molar-refractivity contribution >= 4 is 23.4 Å². The van der Waals surface area contributed by atoms with Gasteiger partial charge < -0.3 is 19.5 Å². The first-order valence-corrected chi connectivity index (χ1v) is 14.2. The van der Waals surface area contributed by atoms with Crippen molar-refractivity contribution in [1.29, 1.82) is 0 Å². The molecule has 2 fully saturated rings. The van der Waals surface area contributed by atoms with Crippen LogP contribution in [0.3, 0.4) is 0 Å². The van der Waals surface area contributed by atoms with Crippen molar-refractivity contribution in [2.45, 2.75) is 94.4 Å². The topological polar surface area (TPSA) is 72.3 Å². The fraction of sp³-hybridized carbons (Fsp3) is 0.593. The van der Waals surface area contributed by atoms with Gasteiger partial charge in [-0.1, -0.05) is 43.2 Å². The average Bonchev–Trinajstić information content (AvgIpc) is 3.66. The maximum absolute atomic E-state index is 13.3. The third kappa shape index (κ3) is 6.02. The molecule has 5 rings (SSSR count). The molecular formula is C27H37N5O2S. The number of nitrogens with zero attached hydrogens (tertiary/aromatic N) is 4. The van der Waals surface area contributed by atoms with Gasteiger partial charge in [0.2, 0.25) is 5.91 Å². The fourth-order valence-electron chi connectivity index (χ4n) is 5.31. The van der Waals surface area contributed by atoms with Gasteiger partial charge in [0.1, 0.15) is 5.75 Å². The number of hydrogen-bond acceptors (Lipinski definition) is 6. The molecule has 1 aromatic heterocycles. The molecule has 7 nitrogen and oxygen atoms in total. The summed E-state index contributed by atoms with van der Waals surface area (Å²) in [4.78, 5) is 15.5. The van der Waals surface area contributed by atoms with Crippen molar-refractivity contribution in [3.8, 4) is 5.75 Å². The van der Waals surface area contributed by atoms with Crippen molar-refractivity contribution in [3.63, 3.8) is 0 Å². The van der Waals surface area contributed by atoms with Crippen LogP contribution in [0.5, 0.6) is 5.75 Å². The molecule has 0 spiro atoms. The van der Waals surface area contributed by atoms with E-state index >= 15 is 0 Å². The number of ether oxygens (including phenoxy) is 1. The number of anilines is 1. The second-order valence-corrected chi connectivity index (χ2v) is 10.8. The van der Waals surface area contributed by atoms with E-state index < -0.39 is 0 Å². The zero-order valence-electron chi connectivity index (χ0n) is 20.7. The number of allylic oxidation sites excluding steroid dienone is 2. The summed E-state index contributed by atoms with van der Waals surface area (Å²) in [6.07, 6.45) is 15.2. The monoisotopic (exact) mass is 495 g/mol. The van der Waals surface area contributed by atoms with Crippen LogP contribution in [0.25, 0.3) is 0 Å². The van der Waals surface area contributed by atoms with E-state index in [1.54, 1.807) is 18.9 Å². The molecule has 0 saturated heterocycles. The van der Waals surface area contributed by atoms with Gasteiger partial charge in [-0.05, 0) is 63.5 Å². The van der Waals surface area contributed by atoms with Crippen LogP contribution in [0.1, 0.15) is 82.5 Å². The lowest BCUT2D eigenvalue weighted by Crippen LogP contribution is -2.34. The van der Waals surface area contributed by atoms with Crippen LogP contribution in [0.2, 0.25) is 0 Å². The minimum Gasteiger partial charge on any atom is -0.497 e. The van der Waals surface area contributed by atoms with Crippen LogP contribution < -0.4 is 10.1 Å². The Morgan fingerprint density at radius 3 is 2.74 bits per heavy atom. The summed E-state index contributed by atoms with van der Waals surface area (Å²) in [5.74, 6) is 2.40. The summed E-state index contributed by atoms with van der Waals surface area (Å²) < 4.78 is 7.66. The Morgan fingerprint density at radius 1 is 1.14 bits per heavy atom. The third-order valence-corrected chi connectivity index (χ3v) is 8.21. The van der Waals surface area contributed by atoms with E-state index in [0.717, 1.165) is 60.9 Å². The highest BCUT2D eigenvalue weighted by atomic mass is 32.2. The lowest BCUT2D eigenvalue weighted by Gasteiger charge is -2.28. The SMILES string of the molecule is COc1cccc(NCc2nnc(SCC(=O)N(C3=CCCCC3)C3CC3)n2C2CCCCC2)c1. The molecule has 0 unspecified atom stereocenters. The Bertz CT molecular complexity index is 1040. The van der Waals surface area contributed by atoms with Crippen LogP contribution in [-0.4, -0.2) is 44.5 Å². The molecule has 2 saturated carbocycles. The highest BCUT2D eigenvalue weighted by Gasteiger charge is 2.35. The standard InChI is InChI=1S/C27H37N5O2S/c1-34-24-14-8-9-20(17-24)28-18-25-29-30-27(32(25)22-12-6-3-7-13-22)35-19-26(33)31(23-15-16-23)21-10-4-2-5-11-21/h8-10,14,17,22-23,28H,2-7,11-13,15-16,18-19H2,1H3. The van der Waals surface area contributed by atoms with Crippen LogP contribution in [0.4, 0.5) is 5.69 Å². The smallest absolute Gasteiger partial charge is 0.237 e. The predicted octanol–water partition coefficient (Wildman–Crippen LogP) is 5.95. The number of rotatable bonds is 10. The Morgan fingerprint density at radius 2 is 2.00 bits per heavy atom. The zero-order chi connectivity index (χ0) is 24.0. The van der Waals surface area contributed by atoms with E-state index in [-0.39, 0.29) is 5.91 Å². The van der Waals surface area contributed by atoms with E-state index in [2.05, 4.69) is 31.1 Å². The first-order chi connectivity index (χ1) is 17.2. The Labute approximate surface area is 212 Å². The normalized spacial score (nSPS) is 18.7. The lowest BCUT2D eigenvalue weighted by atomic mass is 9.95. The zero-order valence-corrected chi connectivity index (χ0v) is 21.6. The van der Waals surface area contributed by atoms with E-state index in [9.17, 15) is 4.79 Å². The Balaban J connectivity index is 1.30. The largest absolute Gasteiger partial charge is 0.497 e. The summed E-state index contributed by atoms with van der Waals surface area (Å²) >= 11 is 1.56. The first kappa shape index (κ1) is 24.2. The van der Waals surface area contributed by atoms with Gasteiger partial charge in [0, 0.05) is 29.5 Å². The van der Waals surface area contributed by atoms with E-state index in [0.29, 0.717) is 24.4 Å². The summed E-state index contributed by atoms with van der Waals surface area (Å²) in [6, 6.07) is 8.75. The summed E-state index contributed by atoms with van der Waals surface area (Å²) in [5.41, 5.74) is 2.24. The molecule has 8 heteroatoms. The minimum absolute atomic E-state index is 0.222. The van der Waals surface area contributed by atoms with Gasteiger partial charge in [-0.3, -0.25) is 4.79 Å². The van der Waals surface area contributed by atoms with Crippen molar-refractivity contribution in [2.75, 3.05) is 18.2 Å². The molecule has 0 bridgehead atoms. The van der Waals surface area contributed by atoms with Crippen molar-refractivity contribution in [3.05, 3.63) is 41.9 Å². The Kier molecular flexibility index (Phi) is 7.96.